The lowest BCUT2D eigenvalue weighted by molar-refractivity contribution is 0.198. The summed E-state index contributed by atoms with van der Waals surface area (Å²) in [4.78, 5) is 2.50. The third-order valence-electron chi connectivity index (χ3n) is 3.83. The van der Waals surface area contributed by atoms with Crippen LogP contribution < -0.4 is 4.90 Å². The highest BCUT2D eigenvalue weighted by molar-refractivity contribution is 9.10. The van der Waals surface area contributed by atoms with Gasteiger partial charge in [-0.05, 0) is 43.4 Å². The van der Waals surface area contributed by atoms with Crippen molar-refractivity contribution in [3.8, 4) is 0 Å². The van der Waals surface area contributed by atoms with Crippen molar-refractivity contribution in [1.29, 1.82) is 0 Å². The van der Waals surface area contributed by atoms with Crippen molar-refractivity contribution in [1.82, 2.24) is 0 Å². The van der Waals surface area contributed by atoms with E-state index < -0.39 is 6.10 Å². The molecular weight excluding hydrogens is 290 g/mol. The van der Waals surface area contributed by atoms with Crippen LogP contribution in [0.4, 0.5) is 5.69 Å². The Labute approximate surface area is 118 Å². The summed E-state index contributed by atoms with van der Waals surface area (Å²) < 4.78 is 1.00. The number of nitrogens with zero attached hydrogens (tertiary/aromatic N) is 1. The topological polar surface area (TPSA) is 23.5 Å². The smallest absolute Gasteiger partial charge is 0.0772 e. The third-order valence-corrected chi connectivity index (χ3v) is 4.52. The molecule has 1 aliphatic heterocycles. The molecular formula is C15H22BrNO. The second kappa shape index (κ2) is 5.62. The van der Waals surface area contributed by atoms with Crippen molar-refractivity contribution in [2.45, 2.75) is 45.8 Å². The van der Waals surface area contributed by atoms with Crippen molar-refractivity contribution < 1.29 is 5.11 Å². The van der Waals surface area contributed by atoms with Gasteiger partial charge in [0.1, 0.15) is 0 Å². The monoisotopic (exact) mass is 311 g/mol. The molecule has 1 aromatic carbocycles. The fourth-order valence-electron chi connectivity index (χ4n) is 2.84. The molecule has 2 nitrogen and oxygen atoms in total. The highest BCUT2D eigenvalue weighted by Gasteiger charge is 2.27. The van der Waals surface area contributed by atoms with Crippen molar-refractivity contribution >= 4 is 21.6 Å². The first-order valence-corrected chi connectivity index (χ1v) is 7.54. The minimum absolute atomic E-state index is 0.423. The molecule has 1 heterocycles. The van der Waals surface area contributed by atoms with Gasteiger partial charge in [-0.1, -0.05) is 35.8 Å². The van der Waals surface area contributed by atoms with Gasteiger partial charge in [0.15, 0.2) is 0 Å². The molecule has 0 saturated carbocycles. The van der Waals surface area contributed by atoms with Crippen LogP contribution in [-0.4, -0.2) is 17.7 Å². The molecule has 2 unspecified atom stereocenters. The van der Waals surface area contributed by atoms with Gasteiger partial charge in [0, 0.05) is 22.7 Å². The van der Waals surface area contributed by atoms with Crippen molar-refractivity contribution in [2.75, 3.05) is 11.4 Å². The van der Waals surface area contributed by atoms with Crippen LogP contribution in [0.3, 0.4) is 0 Å². The summed E-state index contributed by atoms with van der Waals surface area (Å²) in [6.45, 7) is 7.53. The molecule has 1 aliphatic rings. The molecule has 0 spiro atoms. The minimum atomic E-state index is -0.423. The van der Waals surface area contributed by atoms with E-state index >= 15 is 0 Å². The van der Waals surface area contributed by atoms with Crippen LogP contribution in [0.5, 0.6) is 0 Å². The molecule has 0 aromatic heterocycles. The van der Waals surface area contributed by atoms with E-state index in [2.05, 4.69) is 46.8 Å². The largest absolute Gasteiger partial charge is 0.389 e. The highest BCUT2D eigenvalue weighted by Crippen LogP contribution is 2.33. The Kier molecular flexibility index (Phi) is 4.33. The summed E-state index contributed by atoms with van der Waals surface area (Å²) in [6.07, 6.45) is 2.14. The number of hydrogen-bond donors (Lipinski definition) is 1. The van der Waals surface area contributed by atoms with E-state index in [1.807, 2.05) is 6.07 Å². The Balaban J connectivity index is 2.26. The van der Waals surface area contributed by atoms with Crippen LogP contribution in [0, 0.1) is 5.92 Å². The zero-order chi connectivity index (χ0) is 13.3. The van der Waals surface area contributed by atoms with E-state index in [0.29, 0.717) is 12.0 Å². The summed E-state index contributed by atoms with van der Waals surface area (Å²) in [5.41, 5.74) is 2.22. The van der Waals surface area contributed by atoms with Crippen LogP contribution >= 0.6 is 15.9 Å². The maximum atomic E-state index is 9.66. The van der Waals surface area contributed by atoms with Crippen LogP contribution in [0.2, 0.25) is 0 Å². The lowest BCUT2D eigenvalue weighted by atomic mass is 10.0. The van der Waals surface area contributed by atoms with Gasteiger partial charge in [0.2, 0.25) is 0 Å². The van der Waals surface area contributed by atoms with Crippen molar-refractivity contribution in [3.05, 3.63) is 28.2 Å². The number of benzene rings is 1. The van der Waals surface area contributed by atoms with Crippen molar-refractivity contribution in [3.63, 3.8) is 0 Å². The fourth-order valence-corrected chi connectivity index (χ4v) is 3.54. The second-order valence-electron chi connectivity index (χ2n) is 5.53. The molecule has 1 aromatic rings. The Morgan fingerprint density at radius 1 is 1.33 bits per heavy atom. The molecule has 0 amide bonds. The molecule has 100 valence electrons. The normalized spacial score (nSPS) is 21.7. The Bertz CT molecular complexity index is 417. The number of rotatable bonds is 3. The van der Waals surface area contributed by atoms with E-state index in [4.69, 9.17) is 0 Å². The van der Waals surface area contributed by atoms with Gasteiger partial charge in [0.25, 0.3) is 0 Å². The minimum Gasteiger partial charge on any atom is -0.389 e. The SMILES string of the molecule is CC(O)c1ccc(N2CCCC2C(C)C)cc1Br. The predicted octanol–water partition coefficient (Wildman–Crippen LogP) is 4.13. The fraction of sp³-hybridized carbons (Fsp3) is 0.600. The van der Waals surface area contributed by atoms with Crippen LogP contribution in [0.1, 0.15) is 45.3 Å². The molecule has 2 atom stereocenters. The second-order valence-corrected chi connectivity index (χ2v) is 6.38. The number of hydrogen-bond acceptors (Lipinski definition) is 2. The quantitative estimate of drug-likeness (QED) is 0.907. The summed E-state index contributed by atoms with van der Waals surface area (Å²) in [5.74, 6) is 0.683. The number of anilines is 1. The Morgan fingerprint density at radius 3 is 2.61 bits per heavy atom. The molecule has 0 radical (unpaired) electrons. The number of aliphatic hydroxyl groups is 1. The van der Waals surface area contributed by atoms with Gasteiger partial charge in [0.05, 0.1) is 6.10 Å². The molecule has 1 N–H and O–H groups in total. The van der Waals surface area contributed by atoms with E-state index in [1.165, 1.54) is 18.5 Å². The van der Waals surface area contributed by atoms with Crippen LogP contribution in [0.15, 0.2) is 22.7 Å². The van der Waals surface area contributed by atoms with Gasteiger partial charge in [-0.2, -0.15) is 0 Å². The Hall–Kier alpha value is -0.540. The summed E-state index contributed by atoms with van der Waals surface area (Å²) >= 11 is 3.57. The van der Waals surface area contributed by atoms with E-state index in [0.717, 1.165) is 16.6 Å². The average Bonchev–Trinajstić information content (AvgIpc) is 2.77. The maximum Gasteiger partial charge on any atom is 0.0772 e. The van der Waals surface area contributed by atoms with Gasteiger partial charge in [-0.25, -0.2) is 0 Å². The van der Waals surface area contributed by atoms with E-state index in [1.54, 1.807) is 6.92 Å². The standard InChI is InChI=1S/C15H22BrNO/c1-10(2)15-5-4-8-17(15)12-6-7-13(11(3)18)14(16)9-12/h6-7,9-11,15,18H,4-5,8H2,1-3H3. The van der Waals surface area contributed by atoms with Gasteiger partial charge < -0.3 is 10.0 Å². The molecule has 18 heavy (non-hydrogen) atoms. The van der Waals surface area contributed by atoms with E-state index in [9.17, 15) is 5.11 Å². The predicted molar refractivity (Wildman–Crippen MR) is 80.0 cm³/mol. The molecule has 0 bridgehead atoms. The molecule has 2 rings (SSSR count). The highest BCUT2D eigenvalue weighted by atomic mass is 79.9. The summed E-state index contributed by atoms with van der Waals surface area (Å²) in [7, 11) is 0. The maximum absolute atomic E-state index is 9.66. The number of aliphatic hydroxyl groups excluding tert-OH is 1. The third kappa shape index (κ3) is 2.72. The van der Waals surface area contributed by atoms with Crippen LogP contribution in [0.25, 0.3) is 0 Å². The average molecular weight is 312 g/mol. The lowest BCUT2D eigenvalue weighted by Gasteiger charge is -2.30. The zero-order valence-corrected chi connectivity index (χ0v) is 12.9. The molecule has 1 fully saturated rings. The lowest BCUT2D eigenvalue weighted by Crippen LogP contribution is -2.33. The summed E-state index contributed by atoms with van der Waals surface area (Å²) in [6, 6.07) is 6.95. The molecule has 0 aliphatic carbocycles. The first-order chi connectivity index (χ1) is 8.50. The first-order valence-electron chi connectivity index (χ1n) is 6.75. The Morgan fingerprint density at radius 2 is 2.06 bits per heavy atom. The van der Waals surface area contributed by atoms with Crippen LogP contribution in [-0.2, 0) is 0 Å². The number of halogens is 1. The molecule has 3 heteroatoms. The molecule has 1 saturated heterocycles. The summed E-state index contributed by atoms with van der Waals surface area (Å²) in [5, 5.41) is 9.66. The van der Waals surface area contributed by atoms with Gasteiger partial charge >= 0.3 is 0 Å². The van der Waals surface area contributed by atoms with Gasteiger partial charge in [-0.15, -0.1) is 0 Å². The zero-order valence-electron chi connectivity index (χ0n) is 11.4. The van der Waals surface area contributed by atoms with Crippen molar-refractivity contribution in [2.24, 2.45) is 5.92 Å². The first kappa shape index (κ1) is 13.9. The van der Waals surface area contributed by atoms with Gasteiger partial charge in [-0.3, -0.25) is 0 Å². The van der Waals surface area contributed by atoms with E-state index in [-0.39, 0.29) is 0 Å².